The third kappa shape index (κ3) is 5.46. The van der Waals surface area contributed by atoms with Gasteiger partial charge in [0, 0.05) is 19.7 Å². The second kappa shape index (κ2) is 9.23. The monoisotopic (exact) mass is 326 g/mol. The molecule has 0 N–H and O–H groups in total. The Morgan fingerprint density at radius 1 is 1.22 bits per heavy atom. The van der Waals surface area contributed by atoms with Gasteiger partial charge in [0.1, 0.15) is 6.04 Å². The Morgan fingerprint density at radius 3 is 2.70 bits per heavy atom. The summed E-state index contributed by atoms with van der Waals surface area (Å²) >= 11 is 0. The lowest BCUT2D eigenvalue weighted by Gasteiger charge is -2.35. The number of hydrogen-bond acceptors (Lipinski definition) is 5. The van der Waals surface area contributed by atoms with Gasteiger partial charge in [0.25, 0.3) is 0 Å². The summed E-state index contributed by atoms with van der Waals surface area (Å²) in [6.07, 6.45) is 6.25. The first kappa shape index (κ1) is 18.2. The molecule has 0 aliphatic carbocycles. The van der Waals surface area contributed by atoms with E-state index in [9.17, 15) is 9.59 Å². The molecule has 1 amide bonds. The average molecular weight is 326 g/mol. The van der Waals surface area contributed by atoms with E-state index in [4.69, 9.17) is 9.47 Å². The number of piperidine rings is 1. The maximum atomic E-state index is 12.6. The maximum absolute atomic E-state index is 12.6. The maximum Gasteiger partial charge on any atom is 0.328 e. The van der Waals surface area contributed by atoms with Crippen LogP contribution in [-0.4, -0.2) is 73.7 Å². The molecule has 2 unspecified atom stereocenters. The number of amides is 1. The van der Waals surface area contributed by atoms with E-state index >= 15 is 0 Å². The number of rotatable bonds is 6. The highest BCUT2D eigenvalue weighted by Gasteiger charge is 2.33. The highest BCUT2D eigenvalue weighted by atomic mass is 16.5. The van der Waals surface area contributed by atoms with E-state index in [0.717, 1.165) is 38.8 Å². The summed E-state index contributed by atoms with van der Waals surface area (Å²) in [5, 5.41) is 0. The van der Waals surface area contributed by atoms with E-state index in [0.29, 0.717) is 26.1 Å². The number of hydrogen-bond donors (Lipinski definition) is 0. The zero-order valence-corrected chi connectivity index (χ0v) is 14.5. The Bertz CT molecular complexity index is 396. The van der Waals surface area contributed by atoms with Gasteiger partial charge in [-0.2, -0.15) is 0 Å². The van der Waals surface area contributed by atoms with Gasteiger partial charge in [-0.1, -0.05) is 0 Å². The molecule has 2 atom stereocenters. The highest BCUT2D eigenvalue weighted by Crippen LogP contribution is 2.19. The Morgan fingerprint density at radius 2 is 2.00 bits per heavy atom. The Kier molecular flexibility index (Phi) is 7.30. The number of likely N-dealkylation sites (tertiary alicyclic amines) is 1. The topological polar surface area (TPSA) is 59.1 Å². The molecule has 2 rings (SSSR count). The van der Waals surface area contributed by atoms with Crippen LogP contribution in [0.3, 0.4) is 0 Å². The first-order valence-corrected chi connectivity index (χ1v) is 8.88. The molecule has 0 aromatic carbocycles. The van der Waals surface area contributed by atoms with Crippen LogP contribution < -0.4 is 0 Å². The van der Waals surface area contributed by atoms with Crippen LogP contribution in [0.1, 0.15) is 45.4 Å². The molecule has 0 spiro atoms. The van der Waals surface area contributed by atoms with Gasteiger partial charge >= 0.3 is 5.97 Å². The third-order valence-electron chi connectivity index (χ3n) is 4.58. The van der Waals surface area contributed by atoms with Crippen LogP contribution in [0.5, 0.6) is 0 Å². The summed E-state index contributed by atoms with van der Waals surface area (Å²) in [6.45, 7) is 4.72. The zero-order valence-electron chi connectivity index (χ0n) is 14.5. The number of nitrogens with zero attached hydrogens (tertiary/aromatic N) is 2. The predicted octanol–water partition coefficient (Wildman–Crippen LogP) is 1.43. The number of esters is 1. The van der Waals surface area contributed by atoms with Gasteiger partial charge in [-0.15, -0.1) is 0 Å². The molecule has 6 nitrogen and oxygen atoms in total. The van der Waals surface area contributed by atoms with Gasteiger partial charge in [-0.3, -0.25) is 9.69 Å². The summed E-state index contributed by atoms with van der Waals surface area (Å²) in [6, 6.07) is -0.407. The van der Waals surface area contributed by atoms with E-state index < -0.39 is 6.04 Å². The van der Waals surface area contributed by atoms with Crippen LogP contribution >= 0.6 is 0 Å². The van der Waals surface area contributed by atoms with Gasteiger partial charge < -0.3 is 14.4 Å². The van der Waals surface area contributed by atoms with Crippen LogP contribution in [-0.2, 0) is 19.1 Å². The summed E-state index contributed by atoms with van der Waals surface area (Å²) in [5.74, 6) is -0.250. The molecule has 0 bridgehead atoms. The van der Waals surface area contributed by atoms with E-state index in [2.05, 4.69) is 0 Å². The minimum Gasteiger partial charge on any atom is -0.464 e. The smallest absolute Gasteiger partial charge is 0.328 e. The van der Waals surface area contributed by atoms with Crippen LogP contribution in [0.15, 0.2) is 0 Å². The Balaban J connectivity index is 1.85. The normalized spacial score (nSPS) is 25.4. The van der Waals surface area contributed by atoms with Crippen molar-refractivity contribution in [1.29, 1.82) is 0 Å². The van der Waals surface area contributed by atoms with E-state index in [1.807, 2.05) is 11.9 Å². The second-order valence-corrected chi connectivity index (χ2v) is 6.54. The van der Waals surface area contributed by atoms with Crippen molar-refractivity contribution in [2.24, 2.45) is 0 Å². The average Bonchev–Trinajstić information content (AvgIpc) is 2.56. The van der Waals surface area contributed by atoms with Crippen molar-refractivity contribution in [2.75, 3.05) is 39.9 Å². The molecule has 132 valence electrons. The summed E-state index contributed by atoms with van der Waals surface area (Å²) in [4.78, 5) is 28.4. The standard InChI is InChI=1S/C17H30N2O4/c1-3-22-17(21)15-9-4-6-10-19(15)16(20)13-18(2)12-14-8-5-7-11-23-14/h14-15H,3-13H2,1-2H3. The fourth-order valence-corrected chi connectivity index (χ4v) is 3.40. The number of likely N-dealkylation sites (N-methyl/N-ethyl adjacent to an activating group) is 1. The van der Waals surface area contributed by atoms with Crippen molar-refractivity contribution in [1.82, 2.24) is 9.80 Å². The van der Waals surface area contributed by atoms with Gasteiger partial charge in [0.15, 0.2) is 0 Å². The van der Waals surface area contributed by atoms with E-state index in [1.165, 1.54) is 6.42 Å². The van der Waals surface area contributed by atoms with Crippen molar-refractivity contribution >= 4 is 11.9 Å². The summed E-state index contributed by atoms with van der Waals surface area (Å²) in [7, 11) is 1.94. The molecule has 2 aliphatic heterocycles. The first-order valence-electron chi connectivity index (χ1n) is 8.88. The molecule has 2 heterocycles. The van der Waals surface area contributed by atoms with Gasteiger partial charge in [0.05, 0.1) is 19.3 Å². The number of ether oxygens (including phenoxy) is 2. The van der Waals surface area contributed by atoms with Crippen LogP contribution in [0.4, 0.5) is 0 Å². The van der Waals surface area contributed by atoms with Gasteiger partial charge in [-0.05, 0) is 52.5 Å². The van der Waals surface area contributed by atoms with E-state index in [1.54, 1.807) is 11.8 Å². The van der Waals surface area contributed by atoms with Crippen molar-refractivity contribution in [3.8, 4) is 0 Å². The van der Waals surface area contributed by atoms with Crippen LogP contribution in [0.2, 0.25) is 0 Å². The highest BCUT2D eigenvalue weighted by molar-refractivity contribution is 5.85. The molecule has 2 saturated heterocycles. The minimum absolute atomic E-state index is 0.0149. The zero-order chi connectivity index (χ0) is 16.7. The molecule has 0 saturated carbocycles. The molecule has 23 heavy (non-hydrogen) atoms. The molecular weight excluding hydrogens is 296 g/mol. The number of carbonyl (C=O) groups is 2. The van der Waals surface area contributed by atoms with E-state index in [-0.39, 0.29) is 18.0 Å². The molecule has 0 aromatic heterocycles. The molecule has 2 aliphatic rings. The SMILES string of the molecule is CCOC(=O)C1CCCCN1C(=O)CN(C)CC1CCCCO1. The molecule has 0 radical (unpaired) electrons. The number of carbonyl (C=O) groups excluding carboxylic acids is 2. The van der Waals surface area contributed by atoms with Gasteiger partial charge in [0.2, 0.25) is 5.91 Å². The minimum atomic E-state index is -0.407. The Labute approximate surface area is 139 Å². The fraction of sp³-hybridized carbons (Fsp3) is 0.882. The van der Waals surface area contributed by atoms with Crippen LogP contribution in [0.25, 0.3) is 0 Å². The van der Waals surface area contributed by atoms with Crippen LogP contribution in [0, 0.1) is 0 Å². The molecular formula is C17H30N2O4. The quantitative estimate of drug-likeness (QED) is 0.691. The van der Waals surface area contributed by atoms with Crippen molar-refractivity contribution in [3.05, 3.63) is 0 Å². The molecule has 2 fully saturated rings. The largest absolute Gasteiger partial charge is 0.464 e. The first-order chi connectivity index (χ1) is 11.1. The molecule has 6 heteroatoms. The van der Waals surface area contributed by atoms with Crippen molar-refractivity contribution in [2.45, 2.75) is 57.6 Å². The summed E-state index contributed by atoms with van der Waals surface area (Å²) in [5.41, 5.74) is 0. The lowest BCUT2D eigenvalue weighted by atomic mass is 10.0. The second-order valence-electron chi connectivity index (χ2n) is 6.54. The summed E-state index contributed by atoms with van der Waals surface area (Å²) < 4.78 is 10.8. The van der Waals surface area contributed by atoms with Gasteiger partial charge in [-0.25, -0.2) is 4.79 Å². The van der Waals surface area contributed by atoms with Crippen molar-refractivity contribution < 1.29 is 19.1 Å². The molecule has 0 aromatic rings. The van der Waals surface area contributed by atoms with Crippen molar-refractivity contribution in [3.63, 3.8) is 0 Å². The lowest BCUT2D eigenvalue weighted by molar-refractivity contribution is -0.157. The predicted molar refractivity (Wildman–Crippen MR) is 87.1 cm³/mol. The Hall–Kier alpha value is -1.14. The third-order valence-corrected chi connectivity index (χ3v) is 4.58. The lowest BCUT2D eigenvalue weighted by Crippen LogP contribution is -2.52. The fourth-order valence-electron chi connectivity index (χ4n) is 3.40.